The molecule has 0 saturated carbocycles. The number of hydrogen-bond donors (Lipinski definition) is 1. The van der Waals surface area contributed by atoms with Crippen molar-refractivity contribution in [2.24, 2.45) is 5.92 Å². The van der Waals surface area contributed by atoms with Crippen LogP contribution in [0.4, 0.5) is 5.69 Å². The van der Waals surface area contributed by atoms with Crippen LogP contribution in [0.25, 0.3) is 0 Å². The smallest absolute Gasteiger partial charge is 0.237 e. The molecule has 1 rings (SSSR count). The van der Waals surface area contributed by atoms with Crippen LogP contribution in [0.3, 0.4) is 0 Å². The third-order valence-electron chi connectivity index (χ3n) is 2.54. The second-order valence-electron chi connectivity index (χ2n) is 4.58. The lowest BCUT2D eigenvalue weighted by Crippen LogP contribution is -2.16. The number of methoxy groups -OCH3 is 1. The first-order valence-corrected chi connectivity index (χ1v) is 5.89. The van der Waals surface area contributed by atoms with Gasteiger partial charge in [0.25, 0.3) is 0 Å². The number of ether oxygens (including phenoxy) is 1. The molecule has 3 heteroatoms. The van der Waals surface area contributed by atoms with Gasteiger partial charge in [-0.05, 0) is 37.8 Å². The van der Waals surface area contributed by atoms with Crippen LogP contribution in [-0.4, -0.2) is 18.1 Å². The molecule has 0 aliphatic rings. The Balaban J connectivity index is 2.51. The zero-order valence-corrected chi connectivity index (χ0v) is 10.7. The van der Waals surface area contributed by atoms with Gasteiger partial charge in [0, 0.05) is 12.2 Å². The summed E-state index contributed by atoms with van der Waals surface area (Å²) < 4.78 is 5.20. The second kappa shape index (κ2) is 6.36. The summed E-state index contributed by atoms with van der Waals surface area (Å²) in [6.45, 7) is 6.68. The first-order valence-electron chi connectivity index (χ1n) is 5.89. The molecule has 0 saturated heterocycles. The minimum atomic E-state index is 0.445. The van der Waals surface area contributed by atoms with Crippen molar-refractivity contribution in [2.45, 2.75) is 39.7 Å². The zero-order valence-electron chi connectivity index (χ0n) is 10.7. The quantitative estimate of drug-likeness (QED) is 0.801. The second-order valence-corrected chi connectivity index (χ2v) is 4.58. The molecular weight excluding hydrogens is 200 g/mol. The van der Waals surface area contributed by atoms with Crippen molar-refractivity contribution in [3.05, 3.63) is 18.3 Å². The Kier molecular flexibility index (Phi) is 5.09. The van der Waals surface area contributed by atoms with Gasteiger partial charge in [0.05, 0.1) is 12.8 Å². The van der Waals surface area contributed by atoms with E-state index in [1.165, 1.54) is 6.42 Å². The lowest BCUT2D eigenvalue weighted by Gasteiger charge is -2.17. The van der Waals surface area contributed by atoms with E-state index >= 15 is 0 Å². The Morgan fingerprint density at radius 2 is 2.06 bits per heavy atom. The number of nitrogens with zero attached hydrogens (tertiary/aromatic N) is 1. The van der Waals surface area contributed by atoms with Crippen LogP contribution in [0, 0.1) is 5.92 Å². The molecule has 0 radical (unpaired) electrons. The van der Waals surface area contributed by atoms with Crippen molar-refractivity contribution in [3.8, 4) is 5.88 Å². The van der Waals surface area contributed by atoms with E-state index in [-0.39, 0.29) is 0 Å². The molecule has 0 aliphatic carbocycles. The van der Waals surface area contributed by atoms with Crippen LogP contribution in [0.1, 0.15) is 33.6 Å². The third-order valence-corrected chi connectivity index (χ3v) is 2.54. The van der Waals surface area contributed by atoms with Crippen molar-refractivity contribution in [1.29, 1.82) is 0 Å². The number of nitrogens with one attached hydrogen (secondary N) is 1. The van der Waals surface area contributed by atoms with Crippen molar-refractivity contribution in [3.63, 3.8) is 0 Å². The molecule has 1 atom stereocenters. The monoisotopic (exact) mass is 222 g/mol. The fourth-order valence-corrected chi connectivity index (χ4v) is 1.58. The van der Waals surface area contributed by atoms with Gasteiger partial charge in [0.15, 0.2) is 0 Å². The SMILES string of the molecule is COc1ncccc1NC(C)CCC(C)C. The van der Waals surface area contributed by atoms with Crippen LogP contribution < -0.4 is 10.1 Å². The largest absolute Gasteiger partial charge is 0.480 e. The van der Waals surface area contributed by atoms with Gasteiger partial charge in [0.2, 0.25) is 5.88 Å². The number of pyridine rings is 1. The lowest BCUT2D eigenvalue weighted by molar-refractivity contribution is 0.399. The highest BCUT2D eigenvalue weighted by Gasteiger charge is 2.07. The fourth-order valence-electron chi connectivity index (χ4n) is 1.58. The average Bonchev–Trinajstić information content (AvgIpc) is 2.27. The summed E-state index contributed by atoms with van der Waals surface area (Å²) >= 11 is 0. The zero-order chi connectivity index (χ0) is 12.0. The predicted molar refractivity (Wildman–Crippen MR) is 67.9 cm³/mol. The highest BCUT2D eigenvalue weighted by atomic mass is 16.5. The van der Waals surface area contributed by atoms with Crippen LogP contribution >= 0.6 is 0 Å². The third kappa shape index (κ3) is 4.09. The summed E-state index contributed by atoms with van der Waals surface area (Å²) in [7, 11) is 1.65. The molecule has 1 aromatic heterocycles. The highest BCUT2D eigenvalue weighted by molar-refractivity contribution is 5.52. The molecule has 0 fully saturated rings. The van der Waals surface area contributed by atoms with Crippen molar-refractivity contribution in [1.82, 2.24) is 4.98 Å². The molecule has 90 valence electrons. The van der Waals surface area contributed by atoms with Crippen LogP contribution in [-0.2, 0) is 0 Å². The molecule has 0 spiro atoms. The molecule has 3 nitrogen and oxygen atoms in total. The molecule has 0 aromatic carbocycles. The Labute approximate surface area is 98.2 Å². The van der Waals surface area contributed by atoms with Gasteiger partial charge in [-0.15, -0.1) is 0 Å². The molecule has 16 heavy (non-hydrogen) atoms. The molecule has 1 heterocycles. The van der Waals surface area contributed by atoms with Crippen molar-refractivity contribution in [2.75, 3.05) is 12.4 Å². The Morgan fingerprint density at radius 3 is 2.69 bits per heavy atom. The van der Waals surface area contributed by atoms with Crippen LogP contribution in [0.2, 0.25) is 0 Å². The summed E-state index contributed by atoms with van der Waals surface area (Å²) in [6.07, 6.45) is 4.13. The highest BCUT2D eigenvalue weighted by Crippen LogP contribution is 2.21. The summed E-state index contributed by atoms with van der Waals surface area (Å²) in [6, 6.07) is 4.36. The predicted octanol–water partition coefficient (Wildman–Crippen LogP) is 3.33. The van der Waals surface area contributed by atoms with Crippen molar-refractivity contribution < 1.29 is 4.74 Å². The average molecular weight is 222 g/mol. The number of anilines is 1. The van der Waals surface area contributed by atoms with E-state index in [4.69, 9.17) is 4.74 Å². The number of hydrogen-bond acceptors (Lipinski definition) is 3. The van der Waals surface area contributed by atoms with E-state index in [0.717, 1.165) is 18.0 Å². The summed E-state index contributed by atoms with van der Waals surface area (Å²) in [4.78, 5) is 4.16. The Hall–Kier alpha value is -1.25. The summed E-state index contributed by atoms with van der Waals surface area (Å²) in [5.41, 5.74) is 0.973. The van der Waals surface area contributed by atoms with E-state index in [9.17, 15) is 0 Å². The van der Waals surface area contributed by atoms with Gasteiger partial charge in [-0.3, -0.25) is 0 Å². The maximum Gasteiger partial charge on any atom is 0.237 e. The Morgan fingerprint density at radius 1 is 1.31 bits per heavy atom. The minimum Gasteiger partial charge on any atom is -0.480 e. The van der Waals surface area contributed by atoms with E-state index in [1.807, 2.05) is 12.1 Å². The summed E-state index contributed by atoms with van der Waals surface area (Å²) in [5.74, 6) is 1.42. The number of aromatic nitrogens is 1. The minimum absolute atomic E-state index is 0.445. The fraction of sp³-hybridized carbons (Fsp3) is 0.615. The molecule has 0 amide bonds. The topological polar surface area (TPSA) is 34.1 Å². The van der Waals surface area contributed by atoms with E-state index < -0.39 is 0 Å². The molecular formula is C13H22N2O. The van der Waals surface area contributed by atoms with Gasteiger partial charge >= 0.3 is 0 Å². The van der Waals surface area contributed by atoms with E-state index in [2.05, 4.69) is 31.1 Å². The van der Waals surface area contributed by atoms with Gasteiger partial charge in [-0.1, -0.05) is 13.8 Å². The van der Waals surface area contributed by atoms with E-state index in [0.29, 0.717) is 11.9 Å². The van der Waals surface area contributed by atoms with Crippen LogP contribution in [0.5, 0.6) is 5.88 Å². The van der Waals surface area contributed by atoms with Crippen molar-refractivity contribution >= 4 is 5.69 Å². The maximum absolute atomic E-state index is 5.20. The number of rotatable bonds is 6. The first kappa shape index (κ1) is 12.8. The van der Waals surface area contributed by atoms with Gasteiger partial charge < -0.3 is 10.1 Å². The van der Waals surface area contributed by atoms with Gasteiger partial charge in [-0.2, -0.15) is 0 Å². The molecule has 1 N–H and O–H groups in total. The Bertz CT molecular complexity index is 313. The maximum atomic E-state index is 5.20. The molecule has 0 bridgehead atoms. The molecule has 1 unspecified atom stereocenters. The molecule has 1 aromatic rings. The normalized spacial score (nSPS) is 12.6. The standard InChI is InChI=1S/C13H22N2O/c1-10(2)7-8-11(3)15-12-6-5-9-14-13(12)16-4/h5-6,9-11,15H,7-8H2,1-4H3. The summed E-state index contributed by atoms with van der Waals surface area (Å²) in [5, 5.41) is 3.43. The van der Waals surface area contributed by atoms with E-state index in [1.54, 1.807) is 13.3 Å². The van der Waals surface area contributed by atoms with Gasteiger partial charge in [-0.25, -0.2) is 4.98 Å². The first-order chi connectivity index (χ1) is 7.63. The van der Waals surface area contributed by atoms with Gasteiger partial charge in [0.1, 0.15) is 0 Å². The van der Waals surface area contributed by atoms with Crippen LogP contribution in [0.15, 0.2) is 18.3 Å². The molecule has 0 aliphatic heterocycles. The lowest BCUT2D eigenvalue weighted by atomic mass is 10.0.